The monoisotopic (exact) mass is 307 g/mol. The van der Waals surface area contributed by atoms with Crippen LogP contribution in [0.4, 0.5) is 15.8 Å². The molecule has 0 amide bonds. The average molecular weight is 307 g/mol. The van der Waals surface area contributed by atoms with E-state index < -0.39 is 31.3 Å². The van der Waals surface area contributed by atoms with Crippen molar-refractivity contribution in [2.75, 3.05) is 32.6 Å². The molecular weight excluding hydrogens is 293 g/mol. The predicted octanol–water partition coefficient (Wildman–Crippen LogP) is 0.700. The fourth-order valence-electron chi connectivity index (χ4n) is 1.49. The number of nitro benzene ring substituents is 1. The van der Waals surface area contributed by atoms with Gasteiger partial charge in [-0.2, -0.15) is 0 Å². The van der Waals surface area contributed by atoms with Crippen molar-refractivity contribution >= 4 is 21.4 Å². The number of benzene rings is 1. The minimum atomic E-state index is -4.14. The zero-order valence-electron chi connectivity index (χ0n) is 10.8. The molecule has 0 spiro atoms. The van der Waals surface area contributed by atoms with Gasteiger partial charge < -0.3 is 10.1 Å². The Morgan fingerprint density at radius 1 is 1.45 bits per heavy atom. The van der Waals surface area contributed by atoms with Crippen LogP contribution in [0.3, 0.4) is 0 Å². The summed E-state index contributed by atoms with van der Waals surface area (Å²) in [6.07, 6.45) is 0. The zero-order chi connectivity index (χ0) is 15.3. The molecule has 0 fully saturated rings. The summed E-state index contributed by atoms with van der Waals surface area (Å²) in [5.74, 6) is -1.20. The summed E-state index contributed by atoms with van der Waals surface area (Å²) in [6, 6.07) is 1.51. The number of nitro groups is 1. The van der Waals surface area contributed by atoms with E-state index in [-0.39, 0.29) is 18.8 Å². The van der Waals surface area contributed by atoms with Gasteiger partial charge in [0.15, 0.2) is 5.82 Å². The molecular formula is C10H14FN3O5S. The van der Waals surface area contributed by atoms with Gasteiger partial charge in [-0.1, -0.05) is 0 Å². The highest BCUT2D eigenvalue weighted by molar-refractivity contribution is 7.89. The van der Waals surface area contributed by atoms with E-state index in [0.717, 1.165) is 6.07 Å². The standard InChI is InChI=1S/C10H14FN3O5S/c1-12-9-6-7(14(15)16)5-8(11)10(9)20(17,18)13-3-4-19-2/h5-6,12-13H,3-4H2,1-2H3. The summed E-state index contributed by atoms with van der Waals surface area (Å²) in [6.45, 7) is 0.0706. The molecule has 1 rings (SSSR count). The van der Waals surface area contributed by atoms with E-state index in [1.54, 1.807) is 0 Å². The van der Waals surface area contributed by atoms with Crippen LogP contribution in [0, 0.1) is 15.9 Å². The number of hydrogen-bond acceptors (Lipinski definition) is 6. The van der Waals surface area contributed by atoms with Crippen molar-refractivity contribution in [3.8, 4) is 0 Å². The Labute approximate surface area is 115 Å². The smallest absolute Gasteiger partial charge is 0.274 e. The van der Waals surface area contributed by atoms with Crippen LogP contribution in [-0.4, -0.2) is 40.7 Å². The maximum atomic E-state index is 13.9. The lowest BCUT2D eigenvalue weighted by atomic mass is 10.2. The van der Waals surface area contributed by atoms with Gasteiger partial charge in [0.05, 0.1) is 23.3 Å². The molecule has 2 N–H and O–H groups in total. The first-order valence-corrected chi connectivity index (χ1v) is 6.96. The van der Waals surface area contributed by atoms with E-state index >= 15 is 0 Å². The number of nitrogens with zero attached hydrogens (tertiary/aromatic N) is 1. The molecule has 0 radical (unpaired) electrons. The van der Waals surface area contributed by atoms with E-state index in [9.17, 15) is 22.9 Å². The second kappa shape index (κ2) is 6.59. The molecule has 0 bridgehead atoms. The Kier molecular flexibility index (Phi) is 5.36. The van der Waals surface area contributed by atoms with Crippen molar-refractivity contribution in [1.29, 1.82) is 0 Å². The van der Waals surface area contributed by atoms with Gasteiger partial charge in [-0.05, 0) is 0 Å². The van der Waals surface area contributed by atoms with E-state index in [1.165, 1.54) is 14.2 Å². The first kappa shape index (κ1) is 16.3. The van der Waals surface area contributed by atoms with Gasteiger partial charge in [0, 0.05) is 26.8 Å². The van der Waals surface area contributed by atoms with Crippen LogP contribution in [0.25, 0.3) is 0 Å². The van der Waals surface area contributed by atoms with Gasteiger partial charge in [0.2, 0.25) is 10.0 Å². The van der Waals surface area contributed by atoms with Gasteiger partial charge in [-0.15, -0.1) is 0 Å². The van der Waals surface area contributed by atoms with Gasteiger partial charge in [-0.3, -0.25) is 10.1 Å². The molecule has 0 aliphatic carbocycles. The molecule has 0 heterocycles. The van der Waals surface area contributed by atoms with E-state index in [1.807, 2.05) is 0 Å². The van der Waals surface area contributed by atoms with Crippen molar-refractivity contribution < 1.29 is 22.5 Å². The Bertz CT molecular complexity index is 605. The Morgan fingerprint density at radius 2 is 2.10 bits per heavy atom. The summed E-state index contributed by atoms with van der Waals surface area (Å²) >= 11 is 0. The lowest BCUT2D eigenvalue weighted by molar-refractivity contribution is -0.385. The first-order valence-electron chi connectivity index (χ1n) is 5.47. The van der Waals surface area contributed by atoms with Crippen LogP contribution in [0.15, 0.2) is 17.0 Å². The Balaban J connectivity index is 3.26. The summed E-state index contributed by atoms with van der Waals surface area (Å²) in [4.78, 5) is 9.15. The maximum absolute atomic E-state index is 13.9. The molecule has 0 aromatic heterocycles. The van der Waals surface area contributed by atoms with Gasteiger partial charge in [0.25, 0.3) is 5.69 Å². The van der Waals surface area contributed by atoms with Crippen LogP contribution < -0.4 is 10.0 Å². The van der Waals surface area contributed by atoms with E-state index in [0.29, 0.717) is 6.07 Å². The number of halogens is 1. The quantitative estimate of drug-likeness (QED) is 0.436. The molecule has 0 aliphatic rings. The number of nitrogens with one attached hydrogen (secondary N) is 2. The fourth-order valence-corrected chi connectivity index (χ4v) is 2.76. The van der Waals surface area contributed by atoms with E-state index in [2.05, 4.69) is 14.8 Å². The van der Waals surface area contributed by atoms with Gasteiger partial charge in [-0.25, -0.2) is 17.5 Å². The largest absolute Gasteiger partial charge is 0.387 e. The second-order valence-electron chi connectivity index (χ2n) is 3.70. The predicted molar refractivity (Wildman–Crippen MR) is 69.7 cm³/mol. The normalized spacial score (nSPS) is 11.3. The number of hydrogen-bond donors (Lipinski definition) is 2. The summed E-state index contributed by atoms with van der Waals surface area (Å²) in [5.41, 5.74) is -0.732. The fraction of sp³-hybridized carbons (Fsp3) is 0.400. The van der Waals surface area contributed by atoms with E-state index in [4.69, 9.17) is 0 Å². The number of methoxy groups -OCH3 is 1. The number of ether oxygens (including phenoxy) is 1. The molecule has 1 aromatic rings. The summed E-state index contributed by atoms with van der Waals surface area (Å²) < 4.78 is 44.6. The van der Waals surface area contributed by atoms with Crippen molar-refractivity contribution in [3.05, 3.63) is 28.1 Å². The van der Waals surface area contributed by atoms with Crippen LogP contribution in [-0.2, 0) is 14.8 Å². The lowest BCUT2D eigenvalue weighted by Crippen LogP contribution is -2.28. The first-order chi connectivity index (χ1) is 9.33. The topological polar surface area (TPSA) is 111 Å². The van der Waals surface area contributed by atoms with Crippen LogP contribution >= 0.6 is 0 Å². The van der Waals surface area contributed by atoms with Crippen molar-refractivity contribution in [3.63, 3.8) is 0 Å². The van der Waals surface area contributed by atoms with Crippen LogP contribution in [0.2, 0.25) is 0 Å². The summed E-state index contributed by atoms with van der Waals surface area (Å²) in [5, 5.41) is 13.1. The maximum Gasteiger partial charge on any atom is 0.274 e. The second-order valence-corrected chi connectivity index (χ2v) is 5.41. The molecule has 0 saturated carbocycles. The third-order valence-corrected chi connectivity index (χ3v) is 3.91. The van der Waals surface area contributed by atoms with Gasteiger partial charge in [0.1, 0.15) is 4.90 Å². The highest BCUT2D eigenvalue weighted by Crippen LogP contribution is 2.29. The molecule has 112 valence electrons. The Hall–Kier alpha value is -1.78. The zero-order valence-corrected chi connectivity index (χ0v) is 11.7. The number of rotatable bonds is 7. The van der Waals surface area contributed by atoms with Crippen LogP contribution in [0.1, 0.15) is 0 Å². The summed E-state index contributed by atoms with van der Waals surface area (Å²) in [7, 11) is -1.41. The highest BCUT2D eigenvalue weighted by Gasteiger charge is 2.26. The molecule has 10 heteroatoms. The molecule has 0 saturated heterocycles. The molecule has 0 atom stereocenters. The van der Waals surface area contributed by atoms with Crippen molar-refractivity contribution in [1.82, 2.24) is 4.72 Å². The lowest BCUT2D eigenvalue weighted by Gasteiger charge is -2.12. The third kappa shape index (κ3) is 3.62. The number of non-ortho nitro benzene ring substituents is 1. The SMILES string of the molecule is CNc1cc([N+](=O)[O-])cc(F)c1S(=O)(=O)NCCOC. The number of anilines is 1. The highest BCUT2D eigenvalue weighted by atomic mass is 32.2. The van der Waals surface area contributed by atoms with Gasteiger partial charge >= 0.3 is 0 Å². The molecule has 8 nitrogen and oxygen atoms in total. The Morgan fingerprint density at radius 3 is 2.60 bits per heavy atom. The van der Waals surface area contributed by atoms with Crippen LogP contribution in [0.5, 0.6) is 0 Å². The molecule has 1 aromatic carbocycles. The minimum absolute atomic E-state index is 0.0432. The third-order valence-electron chi connectivity index (χ3n) is 2.38. The minimum Gasteiger partial charge on any atom is -0.387 e. The molecule has 0 unspecified atom stereocenters. The number of sulfonamides is 1. The molecule has 20 heavy (non-hydrogen) atoms. The van der Waals surface area contributed by atoms with Crippen molar-refractivity contribution in [2.45, 2.75) is 4.90 Å². The average Bonchev–Trinajstić information content (AvgIpc) is 2.37. The molecule has 0 aliphatic heterocycles. The van der Waals surface area contributed by atoms with Crippen molar-refractivity contribution in [2.24, 2.45) is 0 Å².